The lowest BCUT2D eigenvalue weighted by Gasteiger charge is -2.12. The SMILES string of the molecule is CC(Cn1cccn1)NCc1coc(-c2ccccc2Cl)n1. The zero-order valence-electron chi connectivity index (χ0n) is 12.2. The molecule has 2 aromatic heterocycles. The third-order valence-corrected chi connectivity index (χ3v) is 3.64. The summed E-state index contributed by atoms with van der Waals surface area (Å²) in [4.78, 5) is 4.47. The van der Waals surface area contributed by atoms with Crippen LogP contribution in [-0.2, 0) is 13.1 Å². The fourth-order valence-corrected chi connectivity index (χ4v) is 2.40. The van der Waals surface area contributed by atoms with E-state index in [0.29, 0.717) is 17.5 Å². The number of oxazole rings is 1. The molecule has 0 radical (unpaired) electrons. The smallest absolute Gasteiger partial charge is 0.227 e. The molecular formula is C16H17ClN4O. The molecule has 0 spiro atoms. The van der Waals surface area contributed by atoms with Crippen LogP contribution in [0.5, 0.6) is 0 Å². The summed E-state index contributed by atoms with van der Waals surface area (Å²) >= 11 is 6.15. The predicted molar refractivity (Wildman–Crippen MR) is 85.5 cm³/mol. The summed E-state index contributed by atoms with van der Waals surface area (Å²) in [6.45, 7) is 3.55. The highest BCUT2D eigenvalue weighted by Crippen LogP contribution is 2.26. The Bertz CT molecular complexity index is 723. The summed E-state index contributed by atoms with van der Waals surface area (Å²) in [5.41, 5.74) is 1.65. The van der Waals surface area contributed by atoms with E-state index in [1.54, 1.807) is 12.5 Å². The van der Waals surface area contributed by atoms with E-state index in [4.69, 9.17) is 16.0 Å². The normalized spacial score (nSPS) is 12.5. The van der Waals surface area contributed by atoms with E-state index < -0.39 is 0 Å². The van der Waals surface area contributed by atoms with Crippen LogP contribution in [0.2, 0.25) is 5.02 Å². The standard InChI is InChI=1S/C16H17ClN4O/c1-12(10-21-8-4-7-19-21)18-9-13-11-22-16(20-13)14-5-2-3-6-15(14)17/h2-8,11-12,18H,9-10H2,1H3. The minimum absolute atomic E-state index is 0.278. The van der Waals surface area contributed by atoms with E-state index in [2.05, 4.69) is 22.3 Å². The Morgan fingerprint density at radius 3 is 2.95 bits per heavy atom. The van der Waals surface area contributed by atoms with Gasteiger partial charge >= 0.3 is 0 Å². The second-order valence-corrected chi connectivity index (χ2v) is 5.54. The van der Waals surface area contributed by atoms with Crippen molar-refractivity contribution < 1.29 is 4.42 Å². The van der Waals surface area contributed by atoms with Gasteiger partial charge in [0, 0.05) is 25.0 Å². The molecule has 0 aliphatic heterocycles. The van der Waals surface area contributed by atoms with Crippen LogP contribution < -0.4 is 5.32 Å². The first-order valence-corrected chi connectivity index (χ1v) is 7.50. The molecule has 1 unspecified atom stereocenters. The van der Waals surface area contributed by atoms with Crippen LogP contribution in [0.3, 0.4) is 0 Å². The van der Waals surface area contributed by atoms with E-state index in [-0.39, 0.29) is 6.04 Å². The molecule has 2 heterocycles. The first kappa shape index (κ1) is 14.8. The topological polar surface area (TPSA) is 55.9 Å². The molecule has 1 atom stereocenters. The summed E-state index contributed by atoms with van der Waals surface area (Å²) in [7, 11) is 0. The second kappa shape index (κ2) is 6.77. The molecule has 0 bridgehead atoms. The van der Waals surface area contributed by atoms with Crippen molar-refractivity contribution in [2.75, 3.05) is 0 Å². The lowest BCUT2D eigenvalue weighted by atomic mass is 10.2. The van der Waals surface area contributed by atoms with Gasteiger partial charge in [-0.15, -0.1) is 0 Å². The molecule has 1 N–H and O–H groups in total. The zero-order chi connectivity index (χ0) is 15.4. The lowest BCUT2D eigenvalue weighted by Crippen LogP contribution is -2.30. The fraction of sp³-hybridized carbons (Fsp3) is 0.250. The predicted octanol–water partition coefficient (Wildman–Crippen LogP) is 3.37. The number of nitrogens with zero attached hydrogens (tertiary/aromatic N) is 3. The van der Waals surface area contributed by atoms with Crippen molar-refractivity contribution in [3.8, 4) is 11.5 Å². The van der Waals surface area contributed by atoms with Gasteiger partial charge in [0.05, 0.1) is 22.8 Å². The third kappa shape index (κ3) is 3.55. The van der Waals surface area contributed by atoms with Gasteiger partial charge in [-0.25, -0.2) is 4.98 Å². The maximum absolute atomic E-state index is 6.15. The molecule has 3 rings (SSSR count). The largest absolute Gasteiger partial charge is 0.444 e. The number of benzene rings is 1. The number of rotatable bonds is 6. The van der Waals surface area contributed by atoms with Gasteiger partial charge in [-0.2, -0.15) is 5.10 Å². The van der Waals surface area contributed by atoms with E-state index in [9.17, 15) is 0 Å². The Labute approximate surface area is 133 Å². The quantitative estimate of drug-likeness (QED) is 0.757. The summed E-state index contributed by atoms with van der Waals surface area (Å²) < 4.78 is 7.42. The van der Waals surface area contributed by atoms with Gasteiger partial charge in [-0.3, -0.25) is 4.68 Å². The molecule has 114 valence electrons. The van der Waals surface area contributed by atoms with E-state index in [0.717, 1.165) is 17.8 Å². The van der Waals surface area contributed by atoms with Crippen molar-refractivity contribution in [2.45, 2.75) is 26.1 Å². The van der Waals surface area contributed by atoms with Gasteiger partial charge in [0.25, 0.3) is 0 Å². The maximum atomic E-state index is 6.15. The molecule has 0 fully saturated rings. The number of hydrogen-bond donors (Lipinski definition) is 1. The van der Waals surface area contributed by atoms with Crippen molar-refractivity contribution in [3.05, 3.63) is 59.7 Å². The second-order valence-electron chi connectivity index (χ2n) is 5.13. The van der Waals surface area contributed by atoms with Crippen LogP contribution in [-0.4, -0.2) is 20.8 Å². The minimum atomic E-state index is 0.278. The van der Waals surface area contributed by atoms with Crippen molar-refractivity contribution in [2.24, 2.45) is 0 Å². The van der Waals surface area contributed by atoms with Crippen LogP contribution in [0.1, 0.15) is 12.6 Å². The molecule has 3 aromatic rings. The first-order chi connectivity index (χ1) is 10.7. The van der Waals surface area contributed by atoms with Gasteiger partial charge in [0.2, 0.25) is 5.89 Å². The van der Waals surface area contributed by atoms with E-state index >= 15 is 0 Å². The van der Waals surface area contributed by atoms with Crippen molar-refractivity contribution in [1.82, 2.24) is 20.1 Å². The first-order valence-electron chi connectivity index (χ1n) is 7.12. The monoisotopic (exact) mass is 316 g/mol. The number of halogens is 1. The Balaban J connectivity index is 1.59. The third-order valence-electron chi connectivity index (χ3n) is 3.31. The maximum Gasteiger partial charge on any atom is 0.227 e. The molecule has 1 aromatic carbocycles. The highest BCUT2D eigenvalue weighted by Gasteiger charge is 2.10. The van der Waals surface area contributed by atoms with Gasteiger partial charge in [-0.1, -0.05) is 23.7 Å². The average molecular weight is 317 g/mol. The Morgan fingerprint density at radius 2 is 2.18 bits per heavy atom. The van der Waals surface area contributed by atoms with Gasteiger partial charge < -0.3 is 9.73 Å². The molecular weight excluding hydrogens is 300 g/mol. The zero-order valence-corrected chi connectivity index (χ0v) is 13.0. The van der Waals surface area contributed by atoms with Crippen molar-refractivity contribution in [1.29, 1.82) is 0 Å². The minimum Gasteiger partial charge on any atom is -0.444 e. The fourth-order valence-electron chi connectivity index (χ4n) is 2.18. The molecule has 5 nitrogen and oxygen atoms in total. The number of nitrogens with one attached hydrogen (secondary N) is 1. The molecule has 0 saturated heterocycles. The van der Waals surface area contributed by atoms with Crippen LogP contribution in [0.4, 0.5) is 0 Å². The molecule has 0 amide bonds. The van der Waals surface area contributed by atoms with Gasteiger partial charge in [0.15, 0.2) is 0 Å². The van der Waals surface area contributed by atoms with Crippen molar-refractivity contribution >= 4 is 11.6 Å². The average Bonchev–Trinajstić information content (AvgIpc) is 3.17. The van der Waals surface area contributed by atoms with E-state index in [1.807, 2.05) is 41.2 Å². The van der Waals surface area contributed by atoms with Crippen LogP contribution in [0, 0.1) is 0 Å². The number of aromatic nitrogens is 3. The van der Waals surface area contributed by atoms with E-state index in [1.165, 1.54) is 0 Å². The number of hydrogen-bond acceptors (Lipinski definition) is 4. The Hall–Kier alpha value is -2.11. The summed E-state index contributed by atoms with van der Waals surface area (Å²) in [5, 5.41) is 8.23. The van der Waals surface area contributed by atoms with Crippen LogP contribution >= 0.6 is 11.6 Å². The molecule has 0 saturated carbocycles. The highest BCUT2D eigenvalue weighted by molar-refractivity contribution is 6.33. The highest BCUT2D eigenvalue weighted by atomic mass is 35.5. The summed E-state index contributed by atoms with van der Waals surface area (Å²) in [6, 6.07) is 9.71. The summed E-state index contributed by atoms with van der Waals surface area (Å²) in [6.07, 6.45) is 5.39. The molecule has 22 heavy (non-hydrogen) atoms. The molecule has 0 aliphatic carbocycles. The van der Waals surface area contributed by atoms with Crippen LogP contribution in [0.25, 0.3) is 11.5 Å². The Morgan fingerprint density at radius 1 is 1.32 bits per heavy atom. The molecule has 0 aliphatic rings. The van der Waals surface area contributed by atoms with Gasteiger partial charge in [0.1, 0.15) is 6.26 Å². The molecule has 6 heteroatoms. The van der Waals surface area contributed by atoms with Gasteiger partial charge in [-0.05, 0) is 25.1 Å². The lowest BCUT2D eigenvalue weighted by molar-refractivity contribution is 0.448. The van der Waals surface area contributed by atoms with Crippen molar-refractivity contribution in [3.63, 3.8) is 0 Å². The Kier molecular flexibility index (Phi) is 4.56. The summed E-state index contributed by atoms with van der Waals surface area (Å²) in [5.74, 6) is 0.544. The van der Waals surface area contributed by atoms with Crippen LogP contribution in [0.15, 0.2) is 53.4 Å².